The van der Waals surface area contributed by atoms with Crippen LogP contribution in [0.3, 0.4) is 0 Å². The Kier molecular flexibility index (Phi) is 3.18. The normalized spacial score (nSPS) is 14.2. The SMILES string of the molecule is CNc1nc(-c2cnc3cc(OC)c(C4CC4)nn23)ccc1C. The van der Waals surface area contributed by atoms with Crippen molar-refractivity contribution in [1.82, 2.24) is 19.6 Å². The first-order valence-corrected chi connectivity index (χ1v) is 7.79. The van der Waals surface area contributed by atoms with Gasteiger partial charge in [0, 0.05) is 19.0 Å². The van der Waals surface area contributed by atoms with Crippen LogP contribution in [0, 0.1) is 6.92 Å². The summed E-state index contributed by atoms with van der Waals surface area (Å²) in [5.74, 6) is 2.20. The fourth-order valence-electron chi connectivity index (χ4n) is 2.81. The van der Waals surface area contributed by atoms with E-state index in [1.54, 1.807) is 7.11 Å². The first kappa shape index (κ1) is 14.0. The van der Waals surface area contributed by atoms with Crippen molar-refractivity contribution in [2.75, 3.05) is 19.5 Å². The van der Waals surface area contributed by atoms with Crippen LogP contribution >= 0.6 is 0 Å². The van der Waals surface area contributed by atoms with Crippen LogP contribution in [-0.2, 0) is 0 Å². The average Bonchev–Trinajstić information content (AvgIpc) is 3.34. The third-order valence-corrected chi connectivity index (χ3v) is 4.26. The quantitative estimate of drug-likeness (QED) is 0.802. The van der Waals surface area contributed by atoms with Gasteiger partial charge in [-0.15, -0.1) is 0 Å². The number of fused-ring (bicyclic) bond motifs is 1. The van der Waals surface area contributed by atoms with Gasteiger partial charge < -0.3 is 10.1 Å². The third-order valence-electron chi connectivity index (χ3n) is 4.26. The molecule has 6 nitrogen and oxygen atoms in total. The van der Waals surface area contributed by atoms with Crippen molar-refractivity contribution in [3.63, 3.8) is 0 Å². The number of pyridine rings is 1. The second kappa shape index (κ2) is 5.22. The van der Waals surface area contributed by atoms with Gasteiger partial charge in [-0.2, -0.15) is 5.10 Å². The maximum absolute atomic E-state index is 5.48. The van der Waals surface area contributed by atoms with Gasteiger partial charge in [-0.25, -0.2) is 14.5 Å². The number of methoxy groups -OCH3 is 1. The van der Waals surface area contributed by atoms with E-state index in [-0.39, 0.29) is 0 Å². The molecule has 0 atom stereocenters. The molecule has 1 aliphatic rings. The minimum absolute atomic E-state index is 0.503. The van der Waals surface area contributed by atoms with Crippen molar-refractivity contribution in [1.29, 1.82) is 0 Å². The van der Waals surface area contributed by atoms with Gasteiger partial charge in [0.2, 0.25) is 0 Å². The van der Waals surface area contributed by atoms with Gasteiger partial charge in [-0.05, 0) is 31.4 Å². The Morgan fingerprint density at radius 2 is 2.13 bits per heavy atom. The highest BCUT2D eigenvalue weighted by atomic mass is 16.5. The molecule has 0 amide bonds. The maximum Gasteiger partial charge on any atom is 0.157 e. The Morgan fingerprint density at radius 1 is 1.30 bits per heavy atom. The number of hydrogen-bond acceptors (Lipinski definition) is 5. The van der Waals surface area contributed by atoms with Crippen LogP contribution < -0.4 is 10.1 Å². The van der Waals surface area contributed by atoms with Gasteiger partial charge in [0.15, 0.2) is 5.65 Å². The zero-order chi connectivity index (χ0) is 16.0. The number of ether oxygens (including phenoxy) is 1. The van der Waals surface area contributed by atoms with E-state index < -0.39 is 0 Å². The molecule has 0 aliphatic heterocycles. The Labute approximate surface area is 134 Å². The van der Waals surface area contributed by atoms with Crippen molar-refractivity contribution < 1.29 is 4.74 Å². The molecule has 1 saturated carbocycles. The van der Waals surface area contributed by atoms with Crippen LogP contribution in [-0.4, -0.2) is 33.7 Å². The lowest BCUT2D eigenvalue weighted by atomic mass is 10.2. The molecule has 0 spiro atoms. The van der Waals surface area contributed by atoms with Crippen molar-refractivity contribution in [3.8, 4) is 17.1 Å². The Bertz CT molecular complexity index is 882. The molecule has 0 saturated heterocycles. The highest BCUT2D eigenvalue weighted by molar-refractivity contribution is 5.63. The topological polar surface area (TPSA) is 64.3 Å². The molecule has 3 aromatic rings. The first-order valence-electron chi connectivity index (χ1n) is 7.79. The molecule has 0 radical (unpaired) electrons. The monoisotopic (exact) mass is 309 g/mol. The lowest BCUT2D eigenvalue weighted by molar-refractivity contribution is 0.405. The standard InChI is InChI=1S/C17H19N5O/c1-10-4-7-12(20-17(10)18-2)13-9-19-15-8-14(23-3)16(11-5-6-11)21-22(13)15/h4,7-9,11H,5-6H2,1-3H3,(H,18,20). The van der Waals surface area contributed by atoms with Crippen LogP contribution in [0.2, 0.25) is 0 Å². The highest BCUT2D eigenvalue weighted by Gasteiger charge is 2.29. The molecule has 4 rings (SSSR count). The number of anilines is 1. The van der Waals surface area contributed by atoms with Crippen molar-refractivity contribution in [2.45, 2.75) is 25.7 Å². The zero-order valence-corrected chi connectivity index (χ0v) is 13.5. The molecule has 0 unspecified atom stereocenters. The molecule has 23 heavy (non-hydrogen) atoms. The summed E-state index contributed by atoms with van der Waals surface area (Å²) in [5, 5.41) is 7.91. The number of nitrogens with zero attached hydrogens (tertiary/aromatic N) is 4. The van der Waals surface area contributed by atoms with Crippen molar-refractivity contribution >= 4 is 11.5 Å². The third kappa shape index (κ3) is 2.30. The molecule has 6 heteroatoms. The van der Waals surface area contributed by atoms with E-state index in [1.807, 2.05) is 36.8 Å². The van der Waals surface area contributed by atoms with E-state index in [9.17, 15) is 0 Å². The summed E-state index contributed by atoms with van der Waals surface area (Å²) in [4.78, 5) is 9.14. The molecule has 3 aromatic heterocycles. The van der Waals surface area contributed by atoms with Gasteiger partial charge in [-0.1, -0.05) is 6.07 Å². The molecular formula is C17H19N5O. The Balaban J connectivity index is 1.89. The molecule has 1 aliphatic carbocycles. The van der Waals surface area contributed by atoms with Crippen molar-refractivity contribution in [3.05, 3.63) is 35.7 Å². The summed E-state index contributed by atoms with van der Waals surface area (Å²) < 4.78 is 7.35. The largest absolute Gasteiger partial charge is 0.495 e. The second-order valence-electron chi connectivity index (χ2n) is 5.90. The number of rotatable bonds is 4. The van der Waals surface area contributed by atoms with E-state index in [0.29, 0.717) is 5.92 Å². The average molecular weight is 309 g/mol. The molecular weight excluding hydrogens is 290 g/mol. The minimum Gasteiger partial charge on any atom is -0.495 e. The number of aryl methyl sites for hydroxylation is 1. The highest BCUT2D eigenvalue weighted by Crippen LogP contribution is 2.43. The molecule has 0 aromatic carbocycles. The van der Waals surface area contributed by atoms with Gasteiger partial charge >= 0.3 is 0 Å². The number of imidazole rings is 1. The Morgan fingerprint density at radius 3 is 2.83 bits per heavy atom. The van der Waals surface area contributed by atoms with Gasteiger partial charge in [-0.3, -0.25) is 0 Å². The number of hydrogen-bond donors (Lipinski definition) is 1. The van der Waals surface area contributed by atoms with Crippen LogP contribution in [0.5, 0.6) is 5.75 Å². The second-order valence-corrected chi connectivity index (χ2v) is 5.90. The van der Waals surface area contributed by atoms with E-state index in [1.165, 1.54) is 12.8 Å². The summed E-state index contributed by atoms with van der Waals surface area (Å²) in [6.07, 6.45) is 4.16. The predicted molar refractivity (Wildman–Crippen MR) is 89.0 cm³/mol. The lowest BCUT2D eigenvalue weighted by Crippen LogP contribution is -2.03. The van der Waals surface area contributed by atoms with Crippen LogP contribution in [0.1, 0.15) is 30.0 Å². The Hall–Kier alpha value is -2.63. The molecule has 1 N–H and O–H groups in total. The molecule has 3 heterocycles. The minimum atomic E-state index is 0.503. The first-order chi connectivity index (χ1) is 11.2. The van der Waals surface area contributed by atoms with Crippen LogP contribution in [0.4, 0.5) is 5.82 Å². The summed E-state index contributed by atoms with van der Waals surface area (Å²) in [7, 11) is 3.56. The van der Waals surface area contributed by atoms with E-state index >= 15 is 0 Å². The van der Waals surface area contributed by atoms with Gasteiger partial charge in [0.25, 0.3) is 0 Å². The van der Waals surface area contributed by atoms with Gasteiger partial charge in [0.05, 0.1) is 19.0 Å². The van der Waals surface area contributed by atoms with E-state index in [2.05, 4.69) is 21.4 Å². The lowest BCUT2D eigenvalue weighted by Gasteiger charge is -2.09. The van der Waals surface area contributed by atoms with Crippen molar-refractivity contribution in [2.24, 2.45) is 0 Å². The van der Waals surface area contributed by atoms with Crippen LogP contribution in [0.25, 0.3) is 17.0 Å². The maximum atomic E-state index is 5.48. The smallest absolute Gasteiger partial charge is 0.157 e. The number of nitrogens with one attached hydrogen (secondary N) is 1. The fraction of sp³-hybridized carbons (Fsp3) is 0.353. The zero-order valence-electron chi connectivity index (χ0n) is 13.5. The van der Waals surface area contributed by atoms with E-state index in [0.717, 1.165) is 39.9 Å². The summed E-state index contributed by atoms with van der Waals surface area (Å²) >= 11 is 0. The van der Waals surface area contributed by atoms with E-state index in [4.69, 9.17) is 9.84 Å². The van der Waals surface area contributed by atoms with Gasteiger partial charge in [0.1, 0.15) is 23.0 Å². The fourth-order valence-corrected chi connectivity index (χ4v) is 2.81. The molecule has 0 bridgehead atoms. The predicted octanol–water partition coefficient (Wildman–Crippen LogP) is 3.03. The molecule has 1 fully saturated rings. The molecule has 118 valence electrons. The number of aromatic nitrogens is 4. The summed E-state index contributed by atoms with van der Waals surface area (Å²) in [6, 6.07) is 6.01. The van der Waals surface area contributed by atoms with Crippen LogP contribution in [0.15, 0.2) is 24.4 Å². The summed E-state index contributed by atoms with van der Waals surface area (Å²) in [5.41, 5.74) is 4.64. The summed E-state index contributed by atoms with van der Waals surface area (Å²) in [6.45, 7) is 2.03.